The van der Waals surface area contributed by atoms with Gasteiger partial charge < -0.3 is 0 Å². The van der Waals surface area contributed by atoms with E-state index in [-0.39, 0.29) is 20.9 Å². The van der Waals surface area contributed by atoms with Gasteiger partial charge in [-0.25, -0.2) is 0 Å². The van der Waals surface area contributed by atoms with Gasteiger partial charge in [-0.1, -0.05) is 12.6 Å². The number of nitriles is 1. The number of thiol groups is 1. The normalized spacial score (nSPS) is 2.00. The van der Waals surface area contributed by atoms with E-state index in [9.17, 15) is 0 Å². The van der Waals surface area contributed by atoms with Gasteiger partial charge in [0.25, 0.3) is 0 Å². The van der Waals surface area contributed by atoms with Crippen LogP contribution in [0.25, 0.3) is 0 Å². The molecule has 0 spiro atoms. The van der Waals surface area contributed by atoms with Crippen LogP contribution in [0.4, 0.5) is 0 Å². The number of nitrogens with zero attached hydrogens (tertiary/aromatic N) is 1. The summed E-state index contributed by atoms with van der Waals surface area (Å²) in [6, 6.07) is 0. The standard InChI is InChI=1S/CHNS.Rh/c2-1-3;/h3H;/p+1. The van der Waals surface area contributed by atoms with Gasteiger partial charge in [0.2, 0.25) is 0 Å². The molecule has 0 aliphatic heterocycles. The summed E-state index contributed by atoms with van der Waals surface area (Å²) in [5.41, 5.74) is 0. The third kappa shape index (κ3) is 24.6. The van der Waals surface area contributed by atoms with Crippen LogP contribution in [0.1, 0.15) is 1.43 Å². The largest absolute Gasteiger partial charge is 1.00 e. The Labute approximate surface area is 44.7 Å². The van der Waals surface area contributed by atoms with Crippen LogP contribution in [0.15, 0.2) is 0 Å². The summed E-state index contributed by atoms with van der Waals surface area (Å²) in [5, 5.41) is 8.63. The summed E-state index contributed by atoms with van der Waals surface area (Å²) in [4.78, 5) is 0. The first-order valence-corrected chi connectivity index (χ1v) is 0.894. The zero-order valence-corrected chi connectivity index (χ0v) is 4.26. The maximum atomic E-state index is 7.18. The van der Waals surface area contributed by atoms with E-state index in [1.807, 2.05) is 0 Å². The monoisotopic (exact) mass is 163 g/mol. The maximum absolute atomic E-state index is 7.18. The van der Waals surface area contributed by atoms with Crippen molar-refractivity contribution in [1.29, 1.82) is 5.26 Å². The van der Waals surface area contributed by atoms with Gasteiger partial charge in [0.1, 0.15) is 5.40 Å². The topological polar surface area (TPSA) is 23.8 Å². The number of hydrogen-bond donors (Lipinski definition) is 1. The smallest absolute Gasteiger partial charge is 0.185 e. The van der Waals surface area contributed by atoms with Crippen LogP contribution >= 0.6 is 12.6 Å². The molecule has 0 saturated heterocycles. The van der Waals surface area contributed by atoms with E-state index < -0.39 is 0 Å². The Morgan fingerprint density at radius 2 is 2.00 bits per heavy atom. The minimum atomic E-state index is 0. The van der Waals surface area contributed by atoms with E-state index in [4.69, 9.17) is 5.26 Å². The molecule has 0 aromatic rings. The van der Waals surface area contributed by atoms with Gasteiger partial charge in [-0.2, -0.15) is 5.26 Å². The van der Waals surface area contributed by atoms with E-state index >= 15 is 0 Å². The second-order valence-corrected chi connectivity index (χ2v) is 0.300. The van der Waals surface area contributed by atoms with Gasteiger partial charge in [0.05, 0.1) is 0 Å². The average molecular weight is 163 g/mol. The second-order valence-electron chi connectivity index (χ2n) is 0.100. The fourth-order valence-electron chi connectivity index (χ4n) is 0. The molecular weight excluding hydrogens is 161 g/mol. The van der Waals surface area contributed by atoms with Gasteiger partial charge in [-0.15, -0.1) is 0 Å². The summed E-state index contributed by atoms with van der Waals surface area (Å²) >= 11 is 3.09. The zero-order valence-electron chi connectivity index (χ0n) is 2.73. The van der Waals surface area contributed by atoms with E-state index in [2.05, 4.69) is 12.6 Å². The number of thiocyanates is 1. The van der Waals surface area contributed by atoms with Crippen LogP contribution in [-0.4, -0.2) is 0 Å². The van der Waals surface area contributed by atoms with Crippen molar-refractivity contribution in [2.75, 3.05) is 0 Å². The summed E-state index contributed by atoms with van der Waals surface area (Å²) in [7, 11) is 0. The first-order valence-electron chi connectivity index (χ1n) is 0.447. The zero-order chi connectivity index (χ0) is 2.71. The van der Waals surface area contributed by atoms with Crippen molar-refractivity contribution in [3.05, 3.63) is 0 Å². The van der Waals surface area contributed by atoms with Crippen molar-refractivity contribution in [2.24, 2.45) is 0 Å². The molecule has 0 fully saturated rings. The van der Waals surface area contributed by atoms with Gasteiger partial charge in [-0.05, 0) is 0 Å². The van der Waals surface area contributed by atoms with Crippen molar-refractivity contribution >= 4 is 12.6 Å². The quantitative estimate of drug-likeness (QED) is 0.314. The van der Waals surface area contributed by atoms with E-state index in [1.54, 1.807) is 0 Å². The first kappa shape index (κ1) is 8.82. The van der Waals surface area contributed by atoms with Crippen LogP contribution in [0, 0.1) is 10.7 Å². The fraction of sp³-hybridized carbons (Fsp3) is 0. The Morgan fingerprint density at radius 1 is 2.00 bits per heavy atom. The summed E-state index contributed by atoms with van der Waals surface area (Å²) < 4.78 is 0. The summed E-state index contributed by atoms with van der Waals surface area (Å²) in [5.74, 6) is 0. The number of rotatable bonds is 0. The molecule has 0 N–H and O–H groups in total. The Balaban J connectivity index is -0.0000000200. The van der Waals surface area contributed by atoms with E-state index in [0.29, 0.717) is 0 Å². The van der Waals surface area contributed by atoms with Crippen LogP contribution in [0.5, 0.6) is 0 Å². The van der Waals surface area contributed by atoms with Crippen LogP contribution < -0.4 is 0 Å². The molecule has 0 aromatic carbocycles. The predicted molar refractivity (Wildman–Crippen MR) is 15.7 cm³/mol. The van der Waals surface area contributed by atoms with Crippen molar-refractivity contribution in [3.63, 3.8) is 0 Å². The molecule has 0 aliphatic carbocycles. The molecule has 0 amide bonds. The third-order valence-corrected chi connectivity index (χ3v) is 0. The average Bonchev–Trinajstić information content (AvgIpc) is 0.918. The van der Waals surface area contributed by atoms with E-state index in [0.717, 1.165) is 0 Å². The molecule has 0 rings (SSSR count). The van der Waals surface area contributed by atoms with Crippen LogP contribution in [0.3, 0.4) is 0 Å². The molecule has 1 radical (unpaired) electrons. The van der Waals surface area contributed by atoms with Crippen LogP contribution in [-0.2, 0) is 19.5 Å². The summed E-state index contributed by atoms with van der Waals surface area (Å²) in [6.07, 6.45) is 0. The Morgan fingerprint density at radius 3 is 2.00 bits per heavy atom. The minimum absolute atomic E-state index is 0. The summed E-state index contributed by atoms with van der Waals surface area (Å²) in [6.45, 7) is 0. The molecule has 4 heavy (non-hydrogen) atoms. The number of hydrogen-bond acceptors (Lipinski definition) is 2. The van der Waals surface area contributed by atoms with Crippen LogP contribution in [0.2, 0.25) is 0 Å². The Hall–Kier alpha value is 0.463. The Bertz CT molecular complexity index is 33.1. The third-order valence-electron chi connectivity index (χ3n) is 0. The molecule has 25 valence electrons. The molecule has 0 bridgehead atoms. The first-order chi connectivity index (χ1) is 1.41. The molecule has 1 nitrogen and oxygen atoms in total. The van der Waals surface area contributed by atoms with Crippen molar-refractivity contribution < 1.29 is 20.9 Å². The SMILES string of the molecule is N#CS.[H+].[Rh]. The molecule has 0 heterocycles. The molecule has 0 unspecified atom stereocenters. The molecule has 0 saturated carbocycles. The molecular formula is CH2NRhS+. The van der Waals surface area contributed by atoms with Gasteiger partial charge in [0.15, 0.2) is 0 Å². The second kappa shape index (κ2) is 9.81. The van der Waals surface area contributed by atoms with Gasteiger partial charge in [-0.3, -0.25) is 0 Å². The molecule has 0 aromatic heterocycles. The van der Waals surface area contributed by atoms with Gasteiger partial charge >= 0.3 is 1.43 Å². The van der Waals surface area contributed by atoms with Gasteiger partial charge in [0, 0.05) is 19.5 Å². The fourth-order valence-corrected chi connectivity index (χ4v) is 0. The molecule has 0 atom stereocenters. The predicted octanol–water partition coefficient (Wildman–Crippen LogP) is 0.507. The van der Waals surface area contributed by atoms with E-state index in [1.165, 1.54) is 5.40 Å². The molecule has 0 aliphatic rings. The maximum Gasteiger partial charge on any atom is 1.00 e. The van der Waals surface area contributed by atoms with Crippen molar-refractivity contribution in [3.8, 4) is 5.40 Å². The minimum Gasteiger partial charge on any atom is -0.185 e. The Kier molecular flexibility index (Phi) is 21.6. The van der Waals surface area contributed by atoms with Crippen molar-refractivity contribution in [2.45, 2.75) is 0 Å². The van der Waals surface area contributed by atoms with Crippen molar-refractivity contribution in [1.82, 2.24) is 0 Å². The molecule has 3 heteroatoms.